The zero-order chi connectivity index (χ0) is 13.7. The Morgan fingerprint density at radius 3 is 2.42 bits per heavy atom. The van der Waals surface area contributed by atoms with Crippen LogP contribution < -0.4 is 5.32 Å². The van der Waals surface area contributed by atoms with E-state index in [0.717, 1.165) is 12.3 Å². The summed E-state index contributed by atoms with van der Waals surface area (Å²) in [7, 11) is 4.44. The van der Waals surface area contributed by atoms with Crippen LogP contribution in [0.1, 0.15) is 57.3 Å². The molecule has 1 unspecified atom stereocenters. The molecule has 1 aromatic rings. The highest BCUT2D eigenvalue weighted by molar-refractivity contribution is 5.14. The van der Waals surface area contributed by atoms with Crippen LogP contribution in [-0.4, -0.2) is 31.1 Å². The summed E-state index contributed by atoms with van der Waals surface area (Å²) in [5.41, 5.74) is 0.185. The second kappa shape index (κ2) is 6.58. The molecule has 0 saturated heterocycles. The van der Waals surface area contributed by atoms with Gasteiger partial charge in [0.15, 0.2) is 0 Å². The number of likely N-dealkylation sites (N-methyl/N-ethyl adjacent to an activating group) is 2. The summed E-state index contributed by atoms with van der Waals surface area (Å²) >= 11 is 0. The van der Waals surface area contributed by atoms with Crippen LogP contribution in [0.15, 0.2) is 22.8 Å². The Morgan fingerprint density at radius 2 is 1.95 bits per heavy atom. The third kappa shape index (κ3) is 3.03. The Kier molecular flexibility index (Phi) is 5.06. The number of rotatable bonds is 5. The molecule has 1 atom stereocenters. The molecule has 1 N–H and O–H groups in total. The van der Waals surface area contributed by atoms with Gasteiger partial charge in [-0.3, -0.25) is 0 Å². The lowest BCUT2D eigenvalue weighted by Gasteiger charge is -2.45. The van der Waals surface area contributed by atoms with Gasteiger partial charge in [-0.1, -0.05) is 32.6 Å². The van der Waals surface area contributed by atoms with Crippen molar-refractivity contribution >= 4 is 0 Å². The highest BCUT2D eigenvalue weighted by Crippen LogP contribution is 2.41. The molecule has 1 saturated carbocycles. The molecule has 1 aliphatic rings. The Labute approximate surface area is 117 Å². The Bertz CT molecular complexity index is 351. The highest BCUT2D eigenvalue weighted by Gasteiger charge is 2.42. The number of nitrogens with one attached hydrogen (secondary N) is 1. The van der Waals surface area contributed by atoms with E-state index in [1.54, 1.807) is 6.26 Å². The molecular weight excluding hydrogens is 236 g/mol. The Morgan fingerprint density at radius 1 is 1.26 bits per heavy atom. The second-order valence-corrected chi connectivity index (χ2v) is 5.92. The first-order chi connectivity index (χ1) is 9.20. The molecule has 1 aliphatic carbocycles. The quantitative estimate of drug-likeness (QED) is 0.824. The van der Waals surface area contributed by atoms with Crippen LogP contribution in [0.3, 0.4) is 0 Å². The van der Waals surface area contributed by atoms with E-state index < -0.39 is 0 Å². The maximum absolute atomic E-state index is 5.73. The molecule has 0 amide bonds. The van der Waals surface area contributed by atoms with Gasteiger partial charge >= 0.3 is 0 Å². The molecule has 19 heavy (non-hydrogen) atoms. The topological polar surface area (TPSA) is 28.4 Å². The van der Waals surface area contributed by atoms with E-state index in [4.69, 9.17) is 4.42 Å². The molecule has 2 rings (SSSR count). The first-order valence-electron chi connectivity index (χ1n) is 7.65. The van der Waals surface area contributed by atoms with Crippen LogP contribution in [-0.2, 0) is 0 Å². The zero-order valence-corrected chi connectivity index (χ0v) is 12.6. The van der Waals surface area contributed by atoms with Crippen molar-refractivity contribution in [3.8, 4) is 0 Å². The lowest BCUT2D eigenvalue weighted by Crippen LogP contribution is -2.53. The van der Waals surface area contributed by atoms with E-state index in [1.165, 1.54) is 38.5 Å². The van der Waals surface area contributed by atoms with Gasteiger partial charge < -0.3 is 14.6 Å². The second-order valence-electron chi connectivity index (χ2n) is 5.92. The van der Waals surface area contributed by atoms with Gasteiger partial charge in [-0.25, -0.2) is 0 Å². The lowest BCUT2D eigenvalue weighted by molar-refractivity contribution is 0.0709. The van der Waals surface area contributed by atoms with Gasteiger partial charge in [0, 0.05) is 5.54 Å². The van der Waals surface area contributed by atoms with Crippen molar-refractivity contribution in [1.82, 2.24) is 10.2 Å². The molecule has 1 aromatic heterocycles. The molecule has 1 fully saturated rings. The summed E-state index contributed by atoms with van der Waals surface area (Å²) in [5.74, 6) is 1.08. The summed E-state index contributed by atoms with van der Waals surface area (Å²) in [6, 6.07) is 4.41. The van der Waals surface area contributed by atoms with Crippen molar-refractivity contribution in [2.45, 2.75) is 57.0 Å². The first-order valence-corrected chi connectivity index (χ1v) is 7.65. The van der Waals surface area contributed by atoms with Crippen molar-refractivity contribution in [1.29, 1.82) is 0 Å². The predicted octanol–water partition coefficient (Wildman–Crippen LogP) is 3.58. The number of nitrogens with zero attached hydrogens (tertiary/aromatic N) is 1. The third-order valence-corrected chi connectivity index (χ3v) is 4.63. The molecule has 1 heterocycles. The predicted molar refractivity (Wildman–Crippen MR) is 79.2 cm³/mol. The summed E-state index contributed by atoms with van der Waals surface area (Å²) in [4.78, 5) is 2.42. The van der Waals surface area contributed by atoms with Gasteiger partial charge in [-0.15, -0.1) is 0 Å². The highest BCUT2D eigenvalue weighted by atomic mass is 16.3. The van der Waals surface area contributed by atoms with Crippen LogP contribution in [0.25, 0.3) is 0 Å². The van der Waals surface area contributed by atoms with Crippen LogP contribution in [0.4, 0.5) is 0 Å². The maximum atomic E-state index is 5.73. The Balaban J connectivity index is 2.32. The first kappa shape index (κ1) is 14.6. The molecule has 0 aliphatic heterocycles. The molecule has 0 aromatic carbocycles. The lowest BCUT2D eigenvalue weighted by atomic mass is 9.80. The van der Waals surface area contributed by atoms with E-state index in [0.29, 0.717) is 6.04 Å². The average molecular weight is 264 g/mol. The fourth-order valence-corrected chi connectivity index (χ4v) is 3.55. The van der Waals surface area contributed by atoms with Crippen molar-refractivity contribution in [2.75, 3.05) is 20.6 Å². The Hall–Kier alpha value is -0.800. The van der Waals surface area contributed by atoms with E-state index >= 15 is 0 Å². The smallest absolute Gasteiger partial charge is 0.122 e. The minimum absolute atomic E-state index is 0.185. The molecule has 0 radical (unpaired) electrons. The van der Waals surface area contributed by atoms with Crippen LogP contribution >= 0.6 is 0 Å². The largest absolute Gasteiger partial charge is 0.468 e. The summed E-state index contributed by atoms with van der Waals surface area (Å²) in [6.07, 6.45) is 9.66. The van der Waals surface area contributed by atoms with Crippen LogP contribution in [0.2, 0.25) is 0 Å². The SMILES string of the molecule is CCNC(c1ccco1)C1(N(C)C)CCCCCC1. The van der Waals surface area contributed by atoms with E-state index in [1.807, 2.05) is 6.07 Å². The van der Waals surface area contributed by atoms with Gasteiger partial charge in [0.05, 0.1) is 12.3 Å². The number of furan rings is 1. The third-order valence-electron chi connectivity index (χ3n) is 4.63. The van der Waals surface area contributed by atoms with Crippen molar-refractivity contribution in [3.63, 3.8) is 0 Å². The van der Waals surface area contributed by atoms with E-state index in [-0.39, 0.29) is 5.54 Å². The van der Waals surface area contributed by atoms with Gasteiger partial charge in [0.2, 0.25) is 0 Å². The normalized spacial score (nSPS) is 21.3. The van der Waals surface area contributed by atoms with Gasteiger partial charge in [0.1, 0.15) is 5.76 Å². The number of hydrogen-bond donors (Lipinski definition) is 1. The minimum Gasteiger partial charge on any atom is -0.468 e. The minimum atomic E-state index is 0.185. The van der Waals surface area contributed by atoms with Crippen LogP contribution in [0.5, 0.6) is 0 Å². The fraction of sp³-hybridized carbons (Fsp3) is 0.750. The van der Waals surface area contributed by atoms with Gasteiger partial charge in [-0.2, -0.15) is 0 Å². The summed E-state index contributed by atoms with van der Waals surface area (Å²) < 4.78 is 5.73. The maximum Gasteiger partial charge on any atom is 0.122 e. The zero-order valence-electron chi connectivity index (χ0n) is 12.6. The van der Waals surface area contributed by atoms with E-state index in [2.05, 4.69) is 37.3 Å². The number of hydrogen-bond acceptors (Lipinski definition) is 3. The molecule has 0 bridgehead atoms. The molecule has 0 spiro atoms. The fourth-order valence-electron chi connectivity index (χ4n) is 3.55. The van der Waals surface area contributed by atoms with E-state index in [9.17, 15) is 0 Å². The summed E-state index contributed by atoms with van der Waals surface area (Å²) in [6.45, 7) is 3.15. The summed E-state index contributed by atoms with van der Waals surface area (Å²) in [5, 5.41) is 3.67. The van der Waals surface area contributed by atoms with Gasteiger partial charge in [0.25, 0.3) is 0 Å². The van der Waals surface area contributed by atoms with Crippen molar-refractivity contribution in [2.24, 2.45) is 0 Å². The molecular formula is C16H28N2O. The van der Waals surface area contributed by atoms with Crippen molar-refractivity contribution < 1.29 is 4.42 Å². The molecule has 3 nitrogen and oxygen atoms in total. The molecule has 108 valence electrons. The van der Waals surface area contributed by atoms with Gasteiger partial charge in [-0.05, 0) is 45.6 Å². The molecule has 3 heteroatoms. The monoisotopic (exact) mass is 264 g/mol. The van der Waals surface area contributed by atoms with Crippen molar-refractivity contribution in [3.05, 3.63) is 24.2 Å². The standard InChI is InChI=1S/C16H28N2O/c1-4-17-15(14-10-9-13-19-14)16(18(2)3)11-7-5-6-8-12-16/h9-10,13,15,17H,4-8,11-12H2,1-3H3. The van der Waals surface area contributed by atoms with Crippen LogP contribution in [0, 0.1) is 0 Å². The average Bonchev–Trinajstić information content (AvgIpc) is 2.80.